The fourth-order valence-electron chi connectivity index (χ4n) is 3.60. The average Bonchev–Trinajstić information content (AvgIpc) is 2.88. The summed E-state index contributed by atoms with van der Waals surface area (Å²) >= 11 is 0. The van der Waals surface area contributed by atoms with E-state index in [-0.39, 0.29) is 0 Å². The Labute approximate surface area is 128 Å². The molecule has 4 nitrogen and oxygen atoms in total. The number of azide groups is 1. The second-order valence-corrected chi connectivity index (χ2v) is 5.48. The summed E-state index contributed by atoms with van der Waals surface area (Å²) in [6, 6.07) is 22.2. The lowest BCUT2D eigenvalue weighted by molar-refractivity contribution is -0.542. The smallest absolute Gasteiger partial charge is 0.409 e. The fraction of sp³-hybridized carbons (Fsp3) is 0. The summed E-state index contributed by atoms with van der Waals surface area (Å²) in [6.07, 6.45) is 2.23. The molecular weight excluding hydrogens is 271 g/mol. The van der Waals surface area contributed by atoms with Gasteiger partial charge in [-0.25, -0.2) is 0 Å². The first-order chi connectivity index (χ1) is 10.9. The van der Waals surface area contributed by atoms with Crippen molar-refractivity contribution in [1.82, 2.24) is 0 Å². The van der Waals surface area contributed by atoms with Crippen LogP contribution in [0.2, 0.25) is 0 Å². The molecule has 0 fully saturated rings. The minimum atomic E-state index is -1.71. The van der Waals surface area contributed by atoms with E-state index in [1.54, 1.807) is 0 Å². The van der Waals surface area contributed by atoms with Crippen molar-refractivity contribution >= 4 is 17.3 Å². The molecule has 5 heteroatoms. The van der Waals surface area contributed by atoms with E-state index in [0.29, 0.717) is 0 Å². The number of benzene rings is 2. The van der Waals surface area contributed by atoms with E-state index in [1.807, 2.05) is 59.3 Å². The molecule has 2 aromatic carbocycles. The molecule has 0 atom stereocenters. The lowest BCUT2D eigenvalue weighted by Gasteiger charge is -2.27. The minimum Gasteiger partial charge on any atom is -0.416 e. The number of nitrogens with zero attached hydrogens (tertiary/aromatic N) is 4. The van der Waals surface area contributed by atoms with E-state index < -0.39 is 6.42 Å². The zero-order valence-corrected chi connectivity index (χ0v) is 11.9. The maximum absolute atomic E-state index is 9.26. The quantitative estimate of drug-likeness (QED) is 0.300. The second kappa shape index (κ2) is 4.76. The van der Waals surface area contributed by atoms with Crippen molar-refractivity contribution in [2.24, 2.45) is 5.03 Å². The summed E-state index contributed by atoms with van der Waals surface area (Å²) in [6.45, 7) is 0. The van der Waals surface area contributed by atoms with Gasteiger partial charge in [0.15, 0.2) is 0 Å². The van der Waals surface area contributed by atoms with Crippen LogP contribution in [0, 0.1) is 0 Å². The van der Waals surface area contributed by atoms with Gasteiger partial charge in [0.1, 0.15) is 12.4 Å². The van der Waals surface area contributed by atoms with Crippen molar-refractivity contribution in [3.63, 3.8) is 0 Å². The third kappa shape index (κ3) is 1.54. The molecule has 0 aliphatic carbocycles. The topological polar surface area (TPSA) is 52.6 Å². The van der Waals surface area contributed by atoms with Gasteiger partial charge in [-0.05, 0) is 33.7 Å². The molecule has 1 aromatic heterocycles. The fourth-order valence-corrected chi connectivity index (χ4v) is 3.60. The summed E-state index contributed by atoms with van der Waals surface area (Å²) in [5, 5.41) is 4.31. The van der Waals surface area contributed by atoms with Gasteiger partial charge in [0.2, 0.25) is 0 Å². The lowest BCUT2D eigenvalue weighted by Crippen LogP contribution is -2.75. The Morgan fingerprint density at radius 3 is 1.86 bits per heavy atom. The van der Waals surface area contributed by atoms with Crippen LogP contribution in [0.1, 0.15) is 0 Å². The Morgan fingerprint density at radius 2 is 1.32 bits per heavy atom. The number of hydrogen-bond acceptors (Lipinski definition) is 1. The van der Waals surface area contributed by atoms with Crippen LogP contribution in [0.15, 0.2) is 84.1 Å². The third-order valence-corrected chi connectivity index (χ3v) is 4.47. The van der Waals surface area contributed by atoms with Crippen molar-refractivity contribution in [2.45, 2.75) is 0 Å². The number of hydrogen-bond donors (Lipinski definition) is 0. The molecule has 0 spiro atoms. The van der Waals surface area contributed by atoms with Gasteiger partial charge in [0, 0.05) is 0 Å². The van der Waals surface area contributed by atoms with Crippen molar-refractivity contribution in [1.29, 1.82) is 0 Å². The van der Waals surface area contributed by atoms with Crippen LogP contribution in [0.5, 0.6) is 0 Å². The second-order valence-electron chi connectivity index (χ2n) is 5.48. The van der Waals surface area contributed by atoms with E-state index >= 15 is 0 Å². The molecule has 0 N–H and O–H groups in total. The van der Waals surface area contributed by atoms with Crippen molar-refractivity contribution < 1.29 is 4.48 Å². The van der Waals surface area contributed by atoms with Gasteiger partial charge in [-0.15, -0.1) is 10.9 Å². The number of aromatic nitrogens is 1. The molecule has 3 aromatic rings. The first-order valence-electron chi connectivity index (χ1n) is 7.25. The molecule has 0 saturated heterocycles. The van der Waals surface area contributed by atoms with E-state index in [1.165, 1.54) is 0 Å². The Morgan fingerprint density at radius 1 is 0.773 bits per heavy atom. The molecule has 4 rings (SSSR count). The van der Waals surface area contributed by atoms with Crippen LogP contribution in [0.3, 0.4) is 0 Å². The largest absolute Gasteiger partial charge is 0.416 e. The van der Waals surface area contributed by atoms with E-state index in [9.17, 15) is 5.53 Å². The molecule has 2 heterocycles. The van der Waals surface area contributed by atoms with Crippen LogP contribution in [-0.4, -0.2) is 6.42 Å². The first-order valence-corrected chi connectivity index (χ1v) is 7.25. The molecule has 1 aliphatic heterocycles. The highest BCUT2D eigenvalue weighted by molar-refractivity contribution is 6.98. The summed E-state index contributed by atoms with van der Waals surface area (Å²) < 4.78 is 2.03. The molecular formula is C17H13BN4. The molecule has 0 saturated carbocycles. The monoisotopic (exact) mass is 284 g/mol. The van der Waals surface area contributed by atoms with Crippen molar-refractivity contribution in [3.8, 4) is 11.1 Å². The van der Waals surface area contributed by atoms with Gasteiger partial charge in [-0.3, -0.25) is 0 Å². The predicted octanol–water partition coefficient (Wildman–Crippen LogP) is 2.37. The molecule has 22 heavy (non-hydrogen) atoms. The highest BCUT2D eigenvalue weighted by Gasteiger charge is 2.46. The number of rotatable bonds is 2. The molecule has 1 aliphatic rings. The summed E-state index contributed by atoms with van der Waals surface area (Å²) in [4.78, 5) is 3.20. The average molecular weight is 284 g/mol. The van der Waals surface area contributed by atoms with Gasteiger partial charge in [0.25, 0.3) is 0 Å². The van der Waals surface area contributed by atoms with Crippen molar-refractivity contribution in [3.05, 3.63) is 89.6 Å². The Balaban J connectivity index is 2.17. The third-order valence-electron chi connectivity index (χ3n) is 4.47. The van der Waals surface area contributed by atoms with E-state index in [0.717, 1.165) is 22.1 Å². The first kappa shape index (κ1) is 12.7. The highest BCUT2D eigenvalue weighted by atomic mass is 15.2. The normalized spacial score (nSPS) is 13.8. The molecule has 0 radical (unpaired) electrons. The SMILES string of the molecule is [N-]=[N+]=N[B-]1([n+]2ccccc2)c2ccccc2-c2ccccc21. The maximum atomic E-state index is 9.26. The zero-order valence-electron chi connectivity index (χ0n) is 11.9. The number of fused-ring (bicyclic) bond motifs is 3. The standard InChI is InChI=1S/C17H13BN4/c19-21-20-18(22-12-6-1-7-13-22)16-10-4-2-8-14(16)15-9-3-5-11-17(15)18/h1-13H. The van der Waals surface area contributed by atoms with E-state index in [2.05, 4.69) is 34.2 Å². The Bertz CT molecular complexity index is 856. The van der Waals surface area contributed by atoms with Gasteiger partial charge < -0.3 is 4.48 Å². The van der Waals surface area contributed by atoms with Crippen LogP contribution in [-0.2, 0) is 0 Å². The van der Waals surface area contributed by atoms with Crippen LogP contribution in [0.25, 0.3) is 21.6 Å². The minimum absolute atomic E-state index is 1.07. The zero-order chi connectivity index (χ0) is 15.0. The van der Waals surface area contributed by atoms with Gasteiger partial charge in [-0.1, -0.05) is 54.6 Å². The maximum Gasteiger partial charge on any atom is 0.409 e. The summed E-state index contributed by atoms with van der Waals surface area (Å²) in [5.41, 5.74) is 13.7. The van der Waals surface area contributed by atoms with Crippen molar-refractivity contribution in [2.75, 3.05) is 0 Å². The Kier molecular flexibility index (Phi) is 2.74. The highest BCUT2D eigenvalue weighted by Crippen LogP contribution is 2.27. The molecule has 0 amide bonds. The summed E-state index contributed by atoms with van der Waals surface area (Å²) in [5.74, 6) is 0. The Hall–Kier alpha value is -3.04. The van der Waals surface area contributed by atoms with Gasteiger partial charge in [-0.2, -0.15) is 5.03 Å². The summed E-state index contributed by atoms with van der Waals surface area (Å²) in [7, 11) is 0. The molecule has 0 bridgehead atoms. The molecule has 0 unspecified atom stereocenters. The van der Waals surface area contributed by atoms with Crippen LogP contribution in [0.4, 0.5) is 0 Å². The van der Waals surface area contributed by atoms with Crippen LogP contribution < -0.4 is 15.4 Å². The van der Waals surface area contributed by atoms with E-state index in [4.69, 9.17) is 0 Å². The van der Waals surface area contributed by atoms with Crippen LogP contribution >= 0.6 is 0 Å². The molecule has 104 valence electrons. The van der Waals surface area contributed by atoms with Gasteiger partial charge in [0.05, 0.1) is 0 Å². The number of pyridine rings is 1. The predicted molar refractivity (Wildman–Crippen MR) is 88.1 cm³/mol. The lowest BCUT2D eigenvalue weighted by atomic mass is 9.40. The van der Waals surface area contributed by atoms with Gasteiger partial charge >= 0.3 is 6.42 Å².